The van der Waals surface area contributed by atoms with Gasteiger partial charge in [0, 0.05) is 5.02 Å². The van der Waals surface area contributed by atoms with Crippen molar-refractivity contribution in [2.45, 2.75) is 11.5 Å². The number of phenols is 1. The maximum atomic E-state index is 12.6. The summed E-state index contributed by atoms with van der Waals surface area (Å²) in [6, 6.07) is 19.6. The van der Waals surface area contributed by atoms with Crippen molar-refractivity contribution in [3.05, 3.63) is 82.3 Å². The Bertz CT molecular complexity index is 935. The Labute approximate surface area is 163 Å². The molecule has 1 unspecified atom stereocenters. The van der Waals surface area contributed by atoms with Gasteiger partial charge in [-0.2, -0.15) is 0 Å². The average Bonchev–Trinajstić information content (AvgIpc) is 2.64. The first-order valence-corrected chi connectivity index (χ1v) is 9.57. The molecule has 134 valence electrons. The van der Waals surface area contributed by atoms with E-state index in [1.54, 1.807) is 18.2 Å². The predicted molar refractivity (Wildman–Crippen MR) is 105 cm³/mol. The van der Waals surface area contributed by atoms with E-state index in [2.05, 4.69) is 4.72 Å². The summed E-state index contributed by atoms with van der Waals surface area (Å²) in [5.41, 5.74) is 1.54. The minimum atomic E-state index is -1.77. The standard InChI is InChI=1S/C19H15Cl2NO3S/c20-14-10-15(21)19(23)18(11-14)26(24)22-16-8-4-5-9-17(16)25-12-13-6-2-1-3-7-13/h1-11,22-23H,12H2. The van der Waals surface area contributed by atoms with Crippen LogP contribution >= 0.6 is 23.2 Å². The van der Waals surface area contributed by atoms with Crippen LogP contribution in [0.1, 0.15) is 5.56 Å². The molecule has 4 nitrogen and oxygen atoms in total. The molecule has 0 aliphatic rings. The number of benzene rings is 3. The molecular formula is C19H15Cl2NO3S. The molecule has 0 aliphatic carbocycles. The number of anilines is 1. The zero-order valence-corrected chi connectivity index (χ0v) is 15.8. The Morgan fingerprint density at radius 2 is 1.69 bits per heavy atom. The molecule has 0 heterocycles. The van der Waals surface area contributed by atoms with Crippen molar-refractivity contribution in [3.8, 4) is 11.5 Å². The van der Waals surface area contributed by atoms with Crippen LogP contribution in [-0.4, -0.2) is 9.32 Å². The summed E-state index contributed by atoms with van der Waals surface area (Å²) >= 11 is 11.8. The fourth-order valence-electron chi connectivity index (χ4n) is 2.25. The van der Waals surface area contributed by atoms with Crippen molar-refractivity contribution in [2.75, 3.05) is 4.72 Å². The highest BCUT2D eigenvalue weighted by atomic mass is 35.5. The minimum absolute atomic E-state index is 0.0382. The van der Waals surface area contributed by atoms with Crippen molar-refractivity contribution in [3.63, 3.8) is 0 Å². The summed E-state index contributed by atoms with van der Waals surface area (Å²) in [6.45, 7) is 0.375. The highest BCUT2D eigenvalue weighted by Crippen LogP contribution is 2.34. The lowest BCUT2D eigenvalue weighted by atomic mass is 10.2. The molecule has 0 aromatic heterocycles. The molecule has 0 bridgehead atoms. The summed E-state index contributed by atoms with van der Waals surface area (Å²) < 4.78 is 21.3. The number of aromatic hydroxyl groups is 1. The first kappa shape index (κ1) is 18.6. The third-order valence-corrected chi connectivity index (χ3v) is 5.14. The summed E-state index contributed by atoms with van der Waals surface area (Å²) in [7, 11) is -1.77. The first-order valence-electron chi connectivity index (χ1n) is 7.67. The lowest BCUT2D eigenvalue weighted by Crippen LogP contribution is -2.07. The van der Waals surface area contributed by atoms with Crippen LogP contribution in [0.3, 0.4) is 0 Å². The molecule has 0 amide bonds. The molecular weight excluding hydrogens is 393 g/mol. The van der Waals surface area contributed by atoms with E-state index in [1.165, 1.54) is 12.1 Å². The van der Waals surface area contributed by atoms with Crippen molar-refractivity contribution in [2.24, 2.45) is 0 Å². The van der Waals surface area contributed by atoms with E-state index >= 15 is 0 Å². The molecule has 3 aromatic rings. The summed E-state index contributed by atoms with van der Waals surface area (Å²) in [4.78, 5) is 0.0976. The highest BCUT2D eigenvalue weighted by molar-refractivity contribution is 7.86. The number of hydrogen-bond donors (Lipinski definition) is 2. The number of halogens is 2. The molecule has 0 radical (unpaired) electrons. The molecule has 26 heavy (non-hydrogen) atoms. The van der Waals surface area contributed by atoms with Gasteiger partial charge in [0.15, 0.2) is 16.7 Å². The number of nitrogens with one attached hydrogen (secondary N) is 1. The number of para-hydroxylation sites is 2. The van der Waals surface area contributed by atoms with Gasteiger partial charge in [0.25, 0.3) is 0 Å². The molecule has 0 fully saturated rings. The van der Waals surface area contributed by atoms with Gasteiger partial charge in [-0.15, -0.1) is 0 Å². The second-order valence-electron chi connectivity index (χ2n) is 5.38. The predicted octanol–water partition coefficient (Wildman–Crippen LogP) is 5.41. The fraction of sp³-hybridized carbons (Fsp3) is 0.0526. The van der Waals surface area contributed by atoms with E-state index in [9.17, 15) is 9.32 Å². The third-order valence-electron chi connectivity index (χ3n) is 3.52. The monoisotopic (exact) mass is 407 g/mol. The minimum Gasteiger partial charge on any atom is -0.505 e. The smallest absolute Gasteiger partial charge is 0.154 e. The van der Waals surface area contributed by atoms with Gasteiger partial charge in [-0.25, -0.2) is 4.21 Å². The Hall–Kier alpha value is -2.21. The van der Waals surface area contributed by atoms with Crippen molar-refractivity contribution >= 4 is 39.9 Å². The molecule has 3 aromatic carbocycles. The van der Waals surface area contributed by atoms with Gasteiger partial charge < -0.3 is 9.84 Å². The van der Waals surface area contributed by atoms with E-state index in [-0.39, 0.29) is 20.7 Å². The first-order chi connectivity index (χ1) is 12.5. The van der Waals surface area contributed by atoms with Crippen molar-refractivity contribution < 1.29 is 14.1 Å². The maximum Gasteiger partial charge on any atom is 0.154 e. The van der Waals surface area contributed by atoms with Gasteiger partial charge in [0.05, 0.1) is 10.7 Å². The normalized spacial score (nSPS) is 11.8. The van der Waals surface area contributed by atoms with E-state index in [1.807, 2.05) is 36.4 Å². The highest BCUT2D eigenvalue weighted by Gasteiger charge is 2.16. The van der Waals surface area contributed by atoms with Crippen LogP contribution in [0.2, 0.25) is 10.0 Å². The second-order valence-corrected chi connectivity index (χ2v) is 7.40. The van der Waals surface area contributed by atoms with E-state index < -0.39 is 11.0 Å². The molecule has 0 saturated carbocycles. The van der Waals surface area contributed by atoms with Crippen LogP contribution in [-0.2, 0) is 17.6 Å². The average molecular weight is 408 g/mol. The van der Waals surface area contributed by atoms with Crippen molar-refractivity contribution in [1.82, 2.24) is 0 Å². The number of phenolic OH excluding ortho intramolecular Hbond substituents is 1. The zero-order valence-electron chi connectivity index (χ0n) is 13.5. The lowest BCUT2D eigenvalue weighted by Gasteiger charge is -2.14. The molecule has 0 aliphatic heterocycles. The fourth-order valence-corrected chi connectivity index (χ4v) is 3.86. The summed E-state index contributed by atoms with van der Waals surface area (Å²) in [5.74, 6) is 0.266. The third kappa shape index (κ3) is 4.49. The topological polar surface area (TPSA) is 58.6 Å². The van der Waals surface area contributed by atoms with Gasteiger partial charge >= 0.3 is 0 Å². The van der Waals surface area contributed by atoms with Crippen LogP contribution in [0.5, 0.6) is 11.5 Å². The number of ether oxygens (including phenoxy) is 1. The SMILES string of the molecule is O=S(Nc1ccccc1OCc1ccccc1)c1cc(Cl)cc(Cl)c1O. The van der Waals surface area contributed by atoms with Gasteiger partial charge in [0.1, 0.15) is 17.3 Å². The maximum absolute atomic E-state index is 12.6. The van der Waals surface area contributed by atoms with Gasteiger partial charge in [0.2, 0.25) is 0 Å². The van der Waals surface area contributed by atoms with Crippen LogP contribution in [0.4, 0.5) is 5.69 Å². The Kier molecular flexibility index (Phi) is 6.04. The van der Waals surface area contributed by atoms with Gasteiger partial charge in [-0.1, -0.05) is 65.7 Å². The largest absolute Gasteiger partial charge is 0.505 e. The summed E-state index contributed by atoms with van der Waals surface area (Å²) in [6.07, 6.45) is 0. The van der Waals surface area contributed by atoms with Crippen LogP contribution < -0.4 is 9.46 Å². The molecule has 1 atom stereocenters. The Morgan fingerprint density at radius 1 is 1.00 bits per heavy atom. The van der Waals surface area contributed by atoms with E-state index in [0.717, 1.165) is 5.56 Å². The van der Waals surface area contributed by atoms with Crippen molar-refractivity contribution in [1.29, 1.82) is 0 Å². The van der Waals surface area contributed by atoms with Gasteiger partial charge in [-0.05, 0) is 29.8 Å². The van der Waals surface area contributed by atoms with Crippen LogP contribution in [0.15, 0.2) is 71.6 Å². The number of rotatable bonds is 6. The molecule has 7 heteroatoms. The van der Waals surface area contributed by atoms with Crippen LogP contribution in [0, 0.1) is 0 Å². The molecule has 0 spiro atoms. The van der Waals surface area contributed by atoms with E-state index in [0.29, 0.717) is 18.0 Å². The van der Waals surface area contributed by atoms with Crippen LogP contribution in [0.25, 0.3) is 0 Å². The molecule has 2 N–H and O–H groups in total. The quantitative estimate of drug-likeness (QED) is 0.573. The number of hydrogen-bond acceptors (Lipinski definition) is 3. The Balaban J connectivity index is 1.79. The molecule has 0 saturated heterocycles. The summed E-state index contributed by atoms with van der Waals surface area (Å²) in [5, 5.41) is 10.4. The van der Waals surface area contributed by atoms with E-state index in [4.69, 9.17) is 27.9 Å². The lowest BCUT2D eigenvalue weighted by molar-refractivity contribution is 0.308. The second kappa shape index (κ2) is 8.45. The van der Waals surface area contributed by atoms with Gasteiger partial charge in [-0.3, -0.25) is 4.72 Å². The molecule has 3 rings (SSSR count). The zero-order chi connectivity index (χ0) is 18.5. The Morgan fingerprint density at radius 3 is 2.46 bits per heavy atom.